The summed E-state index contributed by atoms with van der Waals surface area (Å²) in [5.74, 6) is 0. The van der Waals surface area contributed by atoms with Crippen LogP contribution in [0.2, 0.25) is 0 Å². The third kappa shape index (κ3) is 2.40. The molecular formula is C11H13N3S. The van der Waals surface area contributed by atoms with Gasteiger partial charge in [0.2, 0.25) is 0 Å². The molecule has 0 unspecified atom stereocenters. The van der Waals surface area contributed by atoms with Crippen LogP contribution in [0.5, 0.6) is 0 Å². The van der Waals surface area contributed by atoms with Crippen molar-refractivity contribution in [3.8, 4) is 10.6 Å². The van der Waals surface area contributed by atoms with Gasteiger partial charge in [0.25, 0.3) is 0 Å². The smallest absolute Gasteiger partial charge is 0.123 e. The quantitative estimate of drug-likeness (QED) is 0.859. The SMILES string of the molecule is Cc1cnc(-c2ccnc(CCN)c2)s1. The highest BCUT2D eigenvalue weighted by molar-refractivity contribution is 7.14. The predicted octanol–water partition coefficient (Wildman–Crippen LogP) is 2.01. The Kier molecular flexibility index (Phi) is 3.08. The van der Waals surface area contributed by atoms with Gasteiger partial charge in [0.1, 0.15) is 5.01 Å². The van der Waals surface area contributed by atoms with Gasteiger partial charge in [-0.25, -0.2) is 4.98 Å². The fourth-order valence-electron chi connectivity index (χ4n) is 1.38. The van der Waals surface area contributed by atoms with Crippen molar-refractivity contribution in [2.75, 3.05) is 6.54 Å². The Morgan fingerprint density at radius 2 is 2.27 bits per heavy atom. The monoisotopic (exact) mass is 219 g/mol. The van der Waals surface area contributed by atoms with E-state index in [1.165, 1.54) is 4.88 Å². The zero-order chi connectivity index (χ0) is 10.7. The van der Waals surface area contributed by atoms with E-state index < -0.39 is 0 Å². The first kappa shape index (κ1) is 10.3. The van der Waals surface area contributed by atoms with Crippen molar-refractivity contribution in [2.24, 2.45) is 5.73 Å². The topological polar surface area (TPSA) is 51.8 Å². The molecule has 2 heterocycles. The van der Waals surface area contributed by atoms with E-state index in [4.69, 9.17) is 5.73 Å². The van der Waals surface area contributed by atoms with Gasteiger partial charge in [0.05, 0.1) is 0 Å². The Morgan fingerprint density at radius 3 is 2.93 bits per heavy atom. The average Bonchev–Trinajstić information content (AvgIpc) is 2.66. The highest BCUT2D eigenvalue weighted by Gasteiger charge is 2.03. The van der Waals surface area contributed by atoms with E-state index in [2.05, 4.69) is 23.0 Å². The summed E-state index contributed by atoms with van der Waals surface area (Å²) in [5.41, 5.74) is 7.66. The molecule has 0 atom stereocenters. The summed E-state index contributed by atoms with van der Waals surface area (Å²) in [6.45, 7) is 2.69. The molecule has 2 N–H and O–H groups in total. The van der Waals surface area contributed by atoms with Gasteiger partial charge >= 0.3 is 0 Å². The molecule has 0 aliphatic heterocycles. The molecule has 0 aliphatic rings. The minimum atomic E-state index is 0.632. The summed E-state index contributed by atoms with van der Waals surface area (Å²) in [4.78, 5) is 9.83. The molecular weight excluding hydrogens is 206 g/mol. The Bertz CT molecular complexity index is 451. The maximum Gasteiger partial charge on any atom is 0.123 e. The number of hydrogen-bond donors (Lipinski definition) is 1. The molecule has 2 aromatic rings. The van der Waals surface area contributed by atoms with Crippen molar-refractivity contribution in [3.05, 3.63) is 35.1 Å². The van der Waals surface area contributed by atoms with Gasteiger partial charge in [-0.3, -0.25) is 4.98 Å². The lowest BCUT2D eigenvalue weighted by molar-refractivity contribution is 0.924. The predicted molar refractivity (Wildman–Crippen MR) is 62.8 cm³/mol. The van der Waals surface area contributed by atoms with Crippen molar-refractivity contribution in [3.63, 3.8) is 0 Å². The summed E-state index contributed by atoms with van der Waals surface area (Å²) in [5, 5.41) is 1.05. The van der Waals surface area contributed by atoms with Crippen molar-refractivity contribution < 1.29 is 0 Å². The number of thiazole rings is 1. The van der Waals surface area contributed by atoms with E-state index in [-0.39, 0.29) is 0 Å². The second-order valence-electron chi connectivity index (χ2n) is 3.35. The number of nitrogens with zero attached hydrogens (tertiary/aromatic N) is 2. The number of aryl methyl sites for hydroxylation is 1. The minimum absolute atomic E-state index is 0.632. The average molecular weight is 219 g/mol. The second kappa shape index (κ2) is 4.51. The Hall–Kier alpha value is -1.26. The Labute approximate surface area is 93.0 Å². The molecule has 0 fully saturated rings. The maximum atomic E-state index is 5.50. The van der Waals surface area contributed by atoms with Crippen LogP contribution in [0, 0.1) is 6.92 Å². The van der Waals surface area contributed by atoms with E-state index in [1.807, 2.05) is 18.5 Å². The fourth-order valence-corrected chi connectivity index (χ4v) is 2.14. The first-order chi connectivity index (χ1) is 7.29. The third-order valence-corrected chi connectivity index (χ3v) is 3.05. The van der Waals surface area contributed by atoms with Gasteiger partial charge in [0.15, 0.2) is 0 Å². The Balaban J connectivity index is 2.32. The van der Waals surface area contributed by atoms with Gasteiger partial charge in [-0.2, -0.15) is 0 Å². The number of pyridine rings is 1. The van der Waals surface area contributed by atoms with Crippen molar-refractivity contribution in [1.82, 2.24) is 9.97 Å². The molecule has 2 rings (SSSR count). The zero-order valence-electron chi connectivity index (χ0n) is 8.60. The lowest BCUT2D eigenvalue weighted by Crippen LogP contribution is -2.04. The molecule has 0 saturated carbocycles. The molecule has 78 valence electrons. The maximum absolute atomic E-state index is 5.50. The molecule has 3 nitrogen and oxygen atoms in total. The summed E-state index contributed by atoms with van der Waals surface area (Å²) in [6, 6.07) is 4.05. The first-order valence-corrected chi connectivity index (χ1v) is 5.69. The molecule has 15 heavy (non-hydrogen) atoms. The van der Waals surface area contributed by atoms with Gasteiger partial charge in [-0.15, -0.1) is 11.3 Å². The summed E-state index contributed by atoms with van der Waals surface area (Å²) in [6.07, 6.45) is 4.53. The standard InChI is InChI=1S/C11H13N3S/c1-8-7-14-11(15-8)9-3-5-13-10(6-9)2-4-12/h3,5-7H,2,4,12H2,1H3. The van der Waals surface area contributed by atoms with Crippen LogP contribution in [-0.2, 0) is 6.42 Å². The van der Waals surface area contributed by atoms with Crippen LogP contribution >= 0.6 is 11.3 Å². The van der Waals surface area contributed by atoms with Gasteiger partial charge in [0, 0.05) is 34.9 Å². The van der Waals surface area contributed by atoms with Crippen LogP contribution in [0.4, 0.5) is 0 Å². The van der Waals surface area contributed by atoms with Crippen molar-refractivity contribution in [1.29, 1.82) is 0 Å². The second-order valence-corrected chi connectivity index (χ2v) is 4.59. The van der Waals surface area contributed by atoms with Crippen LogP contribution in [-0.4, -0.2) is 16.5 Å². The molecule has 0 bridgehead atoms. The van der Waals surface area contributed by atoms with Crippen LogP contribution in [0.3, 0.4) is 0 Å². The highest BCUT2D eigenvalue weighted by atomic mass is 32.1. The number of hydrogen-bond acceptors (Lipinski definition) is 4. The van der Waals surface area contributed by atoms with E-state index in [9.17, 15) is 0 Å². The van der Waals surface area contributed by atoms with Crippen LogP contribution in [0.25, 0.3) is 10.6 Å². The van der Waals surface area contributed by atoms with Gasteiger partial charge in [-0.05, 0) is 25.6 Å². The lowest BCUT2D eigenvalue weighted by Gasteiger charge is -2.00. The number of rotatable bonds is 3. The Morgan fingerprint density at radius 1 is 1.40 bits per heavy atom. The molecule has 4 heteroatoms. The van der Waals surface area contributed by atoms with Gasteiger partial charge in [-0.1, -0.05) is 0 Å². The van der Waals surface area contributed by atoms with Crippen LogP contribution in [0.15, 0.2) is 24.5 Å². The molecule has 2 aromatic heterocycles. The normalized spacial score (nSPS) is 10.5. The number of nitrogens with two attached hydrogens (primary N) is 1. The molecule has 0 spiro atoms. The third-order valence-electron chi connectivity index (χ3n) is 2.09. The fraction of sp³-hybridized carbons (Fsp3) is 0.273. The van der Waals surface area contributed by atoms with E-state index >= 15 is 0 Å². The van der Waals surface area contributed by atoms with E-state index in [0.29, 0.717) is 6.54 Å². The zero-order valence-corrected chi connectivity index (χ0v) is 9.42. The molecule has 0 amide bonds. The summed E-state index contributed by atoms with van der Waals surface area (Å²) in [7, 11) is 0. The molecule has 0 radical (unpaired) electrons. The van der Waals surface area contributed by atoms with Gasteiger partial charge < -0.3 is 5.73 Å². The van der Waals surface area contributed by atoms with Crippen molar-refractivity contribution >= 4 is 11.3 Å². The number of aromatic nitrogens is 2. The molecule has 0 aromatic carbocycles. The lowest BCUT2D eigenvalue weighted by atomic mass is 10.2. The molecule has 0 saturated heterocycles. The van der Waals surface area contributed by atoms with Crippen molar-refractivity contribution in [2.45, 2.75) is 13.3 Å². The highest BCUT2D eigenvalue weighted by Crippen LogP contribution is 2.24. The van der Waals surface area contributed by atoms with E-state index in [0.717, 1.165) is 22.7 Å². The first-order valence-electron chi connectivity index (χ1n) is 4.87. The minimum Gasteiger partial charge on any atom is -0.330 e. The summed E-state index contributed by atoms with van der Waals surface area (Å²) < 4.78 is 0. The summed E-state index contributed by atoms with van der Waals surface area (Å²) >= 11 is 1.70. The molecule has 0 aliphatic carbocycles. The van der Waals surface area contributed by atoms with Crippen LogP contribution in [0.1, 0.15) is 10.6 Å². The van der Waals surface area contributed by atoms with E-state index in [1.54, 1.807) is 11.3 Å². The largest absolute Gasteiger partial charge is 0.330 e. The van der Waals surface area contributed by atoms with Crippen LogP contribution < -0.4 is 5.73 Å².